The summed E-state index contributed by atoms with van der Waals surface area (Å²) in [5, 5.41) is 2.78. The SMILES string of the molecule is CC(C)Oc1ccc(S(=O)(=O)N2CCCCC2)cc1NC(=O)CN(C)Cc1ccccc1F. The van der Waals surface area contributed by atoms with Crippen molar-refractivity contribution in [1.29, 1.82) is 0 Å². The maximum atomic E-state index is 13.9. The van der Waals surface area contributed by atoms with Crippen LogP contribution in [0, 0.1) is 5.82 Å². The van der Waals surface area contributed by atoms with E-state index in [9.17, 15) is 17.6 Å². The summed E-state index contributed by atoms with van der Waals surface area (Å²) >= 11 is 0. The summed E-state index contributed by atoms with van der Waals surface area (Å²) in [6.07, 6.45) is 2.54. The van der Waals surface area contributed by atoms with Gasteiger partial charge < -0.3 is 10.1 Å². The van der Waals surface area contributed by atoms with Gasteiger partial charge in [-0.2, -0.15) is 4.31 Å². The molecule has 180 valence electrons. The lowest BCUT2D eigenvalue weighted by atomic mass is 10.2. The summed E-state index contributed by atoms with van der Waals surface area (Å²) in [5.74, 6) is -0.282. The molecule has 7 nitrogen and oxygen atoms in total. The van der Waals surface area contributed by atoms with Crippen LogP contribution in [0.5, 0.6) is 5.75 Å². The second-order valence-corrected chi connectivity index (χ2v) is 10.5. The van der Waals surface area contributed by atoms with Crippen LogP contribution in [-0.2, 0) is 21.4 Å². The van der Waals surface area contributed by atoms with Gasteiger partial charge in [0, 0.05) is 25.2 Å². The highest BCUT2D eigenvalue weighted by Gasteiger charge is 2.27. The van der Waals surface area contributed by atoms with Crippen LogP contribution in [0.15, 0.2) is 47.4 Å². The number of ether oxygens (including phenoxy) is 1. The van der Waals surface area contributed by atoms with Crippen LogP contribution >= 0.6 is 0 Å². The molecule has 1 aliphatic rings. The topological polar surface area (TPSA) is 79.0 Å². The maximum Gasteiger partial charge on any atom is 0.243 e. The molecule has 0 radical (unpaired) electrons. The minimum atomic E-state index is -3.66. The Kier molecular flexibility index (Phi) is 8.45. The molecule has 1 N–H and O–H groups in total. The normalized spacial score (nSPS) is 15.1. The molecule has 9 heteroatoms. The lowest BCUT2D eigenvalue weighted by molar-refractivity contribution is -0.117. The molecule has 0 bridgehead atoms. The van der Waals surface area contributed by atoms with Gasteiger partial charge in [-0.05, 0) is 58.0 Å². The van der Waals surface area contributed by atoms with Gasteiger partial charge in [0.25, 0.3) is 0 Å². The van der Waals surface area contributed by atoms with E-state index in [4.69, 9.17) is 4.74 Å². The van der Waals surface area contributed by atoms with E-state index in [2.05, 4.69) is 5.32 Å². The maximum absolute atomic E-state index is 13.9. The number of nitrogens with zero attached hydrogens (tertiary/aromatic N) is 2. The molecule has 0 aliphatic carbocycles. The molecule has 1 saturated heterocycles. The van der Waals surface area contributed by atoms with E-state index < -0.39 is 10.0 Å². The van der Waals surface area contributed by atoms with Crippen molar-refractivity contribution in [3.63, 3.8) is 0 Å². The fourth-order valence-corrected chi connectivity index (χ4v) is 5.33. The van der Waals surface area contributed by atoms with Crippen LogP contribution in [0.3, 0.4) is 0 Å². The van der Waals surface area contributed by atoms with Crippen LogP contribution in [0.25, 0.3) is 0 Å². The summed E-state index contributed by atoms with van der Waals surface area (Å²) in [6.45, 7) is 4.96. The van der Waals surface area contributed by atoms with Crippen molar-refractivity contribution in [2.75, 3.05) is 32.0 Å². The number of likely N-dealkylation sites (N-methyl/N-ethyl adjacent to an activating group) is 1. The zero-order chi connectivity index (χ0) is 24.0. The molecule has 1 heterocycles. The monoisotopic (exact) mass is 477 g/mol. The number of hydrogen-bond acceptors (Lipinski definition) is 5. The van der Waals surface area contributed by atoms with Crippen LogP contribution < -0.4 is 10.1 Å². The Labute approximate surface area is 195 Å². The van der Waals surface area contributed by atoms with Gasteiger partial charge in [-0.1, -0.05) is 24.6 Å². The van der Waals surface area contributed by atoms with E-state index in [1.165, 1.54) is 22.5 Å². The highest BCUT2D eigenvalue weighted by Crippen LogP contribution is 2.31. The van der Waals surface area contributed by atoms with Crippen molar-refractivity contribution in [3.8, 4) is 5.75 Å². The molecule has 3 rings (SSSR count). The van der Waals surface area contributed by atoms with E-state index in [0.717, 1.165) is 19.3 Å². The highest BCUT2D eigenvalue weighted by molar-refractivity contribution is 7.89. The van der Waals surface area contributed by atoms with Crippen molar-refractivity contribution in [3.05, 3.63) is 53.8 Å². The molecule has 1 aliphatic heterocycles. The number of halogens is 1. The van der Waals surface area contributed by atoms with Gasteiger partial charge in [0.05, 0.1) is 23.2 Å². The minimum Gasteiger partial charge on any atom is -0.489 e. The third-order valence-electron chi connectivity index (χ3n) is 5.35. The first-order chi connectivity index (χ1) is 15.7. The number of carbonyl (C=O) groups excluding carboxylic acids is 1. The Hall–Kier alpha value is -2.49. The fraction of sp³-hybridized carbons (Fsp3) is 0.458. The second-order valence-electron chi connectivity index (χ2n) is 8.60. The quantitative estimate of drug-likeness (QED) is 0.593. The first-order valence-corrected chi connectivity index (χ1v) is 12.6. The Morgan fingerprint density at radius 2 is 1.85 bits per heavy atom. The molecular weight excluding hydrogens is 445 g/mol. The summed E-state index contributed by atoms with van der Waals surface area (Å²) in [7, 11) is -1.94. The van der Waals surface area contributed by atoms with Crippen molar-refractivity contribution >= 4 is 21.6 Å². The minimum absolute atomic E-state index is 0.00143. The lowest BCUT2D eigenvalue weighted by Gasteiger charge is -2.26. The Bertz CT molecular complexity index is 1070. The van der Waals surface area contributed by atoms with Crippen LogP contribution in [0.1, 0.15) is 38.7 Å². The number of rotatable bonds is 9. The van der Waals surface area contributed by atoms with Gasteiger partial charge in [0.2, 0.25) is 15.9 Å². The van der Waals surface area contributed by atoms with E-state index >= 15 is 0 Å². The van der Waals surface area contributed by atoms with E-state index in [0.29, 0.717) is 30.1 Å². The molecule has 33 heavy (non-hydrogen) atoms. The first kappa shape index (κ1) is 25.1. The van der Waals surface area contributed by atoms with Gasteiger partial charge in [0.15, 0.2) is 0 Å². The number of hydrogen-bond donors (Lipinski definition) is 1. The second kappa shape index (κ2) is 11.1. The van der Waals surface area contributed by atoms with E-state index in [-0.39, 0.29) is 35.8 Å². The zero-order valence-electron chi connectivity index (χ0n) is 19.4. The van der Waals surface area contributed by atoms with E-state index in [1.54, 1.807) is 36.2 Å². The van der Waals surface area contributed by atoms with Crippen molar-refractivity contribution < 1.29 is 22.3 Å². The molecule has 2 aromatic rings. The summed E-state index contributed by atoms with van der Waals surface area (Å²) in [6, 6.07) is 11.0. The predicted molar refractivity (Wildman–Crippen MR) is 126 cm³/mol. The molecular formula is C24H32FN3O4S. The average molecular weight is 478 g/mol. The molecule has 0 unspecified atom stereocenters. The van der Waals surface area contributed by atoms with Gasteiger partial charge in [0.1, 0.15) is 11.6 Å². The molecule has 0 spiro atoms. The van der Waals surface area contributed by atoms with Gasteiger partial charge >= 0.3 is 0 Å². The summed E-state index contributed by atoms with van der Waals surface area (Å²) in [5.41, 5.74) is 0.789. The number of amides is 1. The highest BCUT2D eigenvalue weighted by atomic mass is 32.2. The third kappa shape index (κ3) is 6.75. The molecule has 1 amide bonds. The number of nitrogens with one attached hydrogen (secondary N) is 1. The van der Waals surface area contributed by atoms with Crippen LogP contribution in [0.4, 0.5) is 10.1 Å². The lowest BCUT2D eigenvalue weighted by Crippen LogP contribution is -2.35. The van der Waals surface area contributed by atoms with Crippen LogP contribution in [-0.4, -0.2) is 56.3 Å². The summed E-state index contributed by atoms with van der Waals surface area (Å²) in [4.78, 5) is 14.5. The van der Waals surface area contributed by atoms with Crippen LogP contribution in [0.2, 0.25) is 0 Å². The predicted octanol–water partition coefficient (Wildman–Crippen LogP) is 3.86. The Morgan fingerprint density at radius 3 is 2.52 bits per heavy atom. The standard InChI is InChI=1S/C24H32FN3O4S/c1-18(2)32-23-12-11-20(33(30,31)28-13-7-4-8-14-28)15-22(23)26-24(29)17-27(3)16-19-9-5-6-10-21(19)25/h5-6,9-12,15,18H,4,7-8,13-14,16-17H2,1-3H3,(H,26,29). The van der Waals surface area contributed by atoms with Gasteiger partial charge in [-0.15, -0.1) is 0 Å². The average Bonchev–Trinajstić information content (AvgIpc) is 2.76. The van der Waals surface area contributed by atoms with Crippen molar-refractivity contribution in [2.24, 2.45) is 0 Å². The first-order valence-electron chi connectivity index (χ1n) is 11.2. The number of benzene rings is 2. The fourth-order valence-electron chi connectivity index (χ4n) is 3.79. The Balaban J connectivity index is 1.77. The van der Waals surface area contributed by atoms with Crippen molar-refractivity contribution in [2.45, 2.75) is 50.7 Å². The number of piperidine rings is 1. The molecule has 1 fully saturated rings. The summed E-state index contributed by atoms with van der Waals surface area (Å²) < 4.78 is 47.4. The molecule has 0 aromatic heterocycles. The van der Waals surface area contributed by atoms with Gasteiger partial charge in [-0.3, -0.25) is 9.69 Å². The molecule has 0 atom stereocenters. The smallest absolute Gasteiger partial charge is 0.243 e. The molecule has 0 saturated carbocycles. The Morgan fingerprint density at radius 1 is 1.15 bits per heavy atom. The molecule has 2 aromatic carbocycles. The largest absolute Gasteiger partial charge is 0.489 e. The van der Waals surface area contributed by atoms with Gasteiger partial charge in [-0.25, -0.2) is 12.8 Å². The third-order valence-corrected chi connectivity index (χ3v) is 7.25. The van der Waals surface area contributed by atoms with E-state index in [1.807, 2.05) is 13.8 Å². The van der Waals surface area contributed by atoms with Crippen molar-refractivity contribution in [1.82, 2.24) is 9.21 Å². The number of sulfonamides is 1. The number of anilines is 1. The number of carbonyl (C=O) groups is 1. The zero-order valence-corrected chi connectivity index (χ0v) is 20.2.